The Hall–Kier alpha value is -4.51. The molecule has 0 saturated heterocycles. The predicted molar refractivity (Wildman–Crippen MR) is 159 cm³/mol. The molecule has 0 saturated carbocycles. The molecule has 4 aromatic rings. The van der Waals surface area contributed by atoms with E-state index in [-0.39, 0.29) is 37.1 Å². The standard InChI is InChI=1S/C35H36N2O3/c1-35(2,25-36-34(40)33(29-19-11-5-12-20-29)30-21-13-6-14-22-30)26-37(31(38)23-27-15-7-3-8-16-27)32(39)24-28-17-9-4-10-18-28/h3-22,33H,23-26H2,1-2H3,(H,36,40). The summed E-state index contributed by atoms with van der Waals surface area (Å²) in [6.45, 7) is 4.42. The zero-order valence-corrected chi connectivity index (χ0v) is 23.1. The number of nitrogens with one attached hydrogen (secondary N) is 1. The zero-order valence-electron chi connectivity index (χ0n) is 23.1. The van der Waals surface area contributed by atoms with Crippen molar-refractivity contribution in [2.45, 2.75) is 32.6 Å². The lowest BCUT2D eigenvalue weighted by atomic mass is 9.88. The number of amides is 3. The average molecular weight is 533 g/mol. The Bertz CT molecular complexity index is 1300. The molecular formula is C35H36N2O3. The summed E-state index contributed by atoms with van der Waals surface area (Å²) in [5.41, 5.74) is 2.95. The van der Waals surface area contributed by atoms with Gasteiger partial charge in [-0.2, -0.15) is 0 Å². The Morgan fingerprint density at radius 3 is 1.40 bits per heavy atom. The van der Waals surface area contributed by atoms with Crippen molar-refractivity contribution >= 4 is 17.7 Å². The first-order valence-corrected chi connectivity index (χ1v) is 13.6. The molecule has 0 atom stereocenters. The van der Waals surface area contributed by atoms with Gasteiger partial charge in [-0.1, -0.05) is 135 Å². The van der Waals surface area contributed by atoms with Crippen LogP contribution >= 0.6 is 0 Å². The van der Waals surface area contributed by atoms with E-state index in [0.29, 0.717) is 6.54 Å². The van der Waals surface area contributed by atoms with E-state index in [2.05, 4.69) is 5.32 Å². The van der Waals surface area contributed by atoms with E-state index in [4.69, 9.17) is 0 Å². The van der Waals surface area contributed by atoms with Crippen LogP contribution in [0, 0.1) is 5.41 Å². The smallest absolute Gasteiger partial charge is 0.233 e. The van der Waals surface area contributed by atoms with Gasteiger partial charge in [0.1, 0.15) is 0 Å². The van der Waals surface area contributed by atoms with Crippen LogP contribution in [0.25, 0.3) is 0 Å². The first kappa shape index (κ1) is 28.5. The number of nitrogens with zero attached hydrogens (tertiary/aromatic N) is 1. The fourth-order valence-corrected chi connectivity index (χ4v) is 4.75. The lowest BCUT2D eigenvalue weighted by molar-refractivity contribution is -0.145. The topological polar surface area (TPSA) is 66.5 Å². The fraction of sp³-hybridized carbons (Fsp3) is 0.229. The molecule has 1 N–H and O–H groups in total. The normalized spacial score (nSPS) is 11.2. The second-order valence-electron chi connectivity index (χ2n) is 10.8. The first-order chi connectivity index (χ1) is 19.3. The van der Waals surface area contributed by atoms with Gasteiger partial charge in [0, 0.05) is 18.5 Å². The highest BCUT2D eigenvalue weighted by Crippen LogP contribution is 2.26. The van der Waals surface area contributed by atoms with Gasteiger partial charge in [0.15, 0.2) is 0 Å². The summed E-state index contributed by atoms with van der Waals surface area (Å²) >= 11 is 0. The van der Waals surface area contributed by atoms with Crippen molar-refractivity contribution in [3.8, 4) is 0 Å². The molecule has 0 spiro atoms. The minimum absolute atomic E-state index is 0.122. The largest absolute Gasteiger partial charge is 0.355 e. The molecule has 0 radical (unpaired) electrons. The SMILES string of the molecule is CC(C)(CNC(=O)C(c1ccccc1)c1ccccc1)CN(C(=O)Cc1ccccc1)C(=O)Cc1ccccc1. The molecule has 40 heavy (non-hydrogen) atoms. The molecule has 5 nitrogen and oxygen atoms in total. The van der Waals surface area contributed by atoms with Crippen molar-refractivity contribution < 1.29 is 14.4 Å². The second-order valence-corrected chi connectivity index (χ2v) is 10.8. The van der Waals surface area contributed by atoms with Crippen LogP contribution in [-0.2, 0) is 27.2 Å². The van der Waals surface area contributed by atoms with Crippen LogP contribution in [0.2, 0.25) is 0 Å². The molecule has 0 aliphatic carbocycles. The van der Waals surface area contributed by atoms with Gasteiger partial charge in [0.05, 0.1) is 18.8 Å². The van der Waals surface area contributed by atoms with Crippen LogP contribution in [0.3, 0.4) is 0 Å². The van der Waals surface area contributed by atoms with E-state index >= 15 is 0 Å². The van der Waals surface area contributed by atoms with Crippen LogP contribution in [0.1, 0.15) is 42.0 Å². The molecular weight excluding hydrogens is 496 g/mol. The third-order valence-electron chi connectivity index (χ3n) is 6.85. The quantitative estimate of drug-likeness (QED) is 0.265. The number of rotatable bonds is 11. The molecule has 0 aliphatic heterocycles. The number of hydrogen-bond acceptors (Lipinski definition) is 3. The highest BCUT2D eigenvalue weighted by molar-refractivity contribution is 5.97. The molecule has 3 amide bonds. The summed E-state index contributed by atoms with van der Waals surface area (Å²) < 4.78 is 0. The minimum Gasteiger partial charge on any atom is -0.355 e. The molecule has 4 aromatic carbocycles. The van der Waals surface area contributed by atoms with Crippen LogP contribution in [-0.4, -0.2) is 35.7 Å². The minimum atomic E-state index is -0.563. The van der Waals surface area contributed by atoms with Crippen LogP contribution < -0.4 is 5.32 Å². The maximum atomic E-state index is 13.6. The van der Waals surface area contributed by atoms with Gasteiger partial charge in [-0.3, -0.25) is 19.3 Å². The molecule has 0 heterocycles. The molecule has 204 valence electrons. The fourth-order valence-electron chi connectivity index (χ4n) is 4.75. The zero-order chi connectivity index (χ0) is 28.4. The third-order valence-corrected chi connectivity index (χ3v) is 6.85. The van der Waals surface area contributed by atoms with E-state index in [1.54, 1.807) is 0 Å². The number of carbonyl (C=O) groups is 3. The number of imide groups is 1. The Balaban J connectivity index is 1.50. The Labute approximate surface area is 236 Å². The van der Waals surface area contributed by atoms with Crippen LogP contribution in [0.5, 0.6) is 0 Å². The van der Waals surface area contributed by atoms with Gasteiger partial charge in [-0.25, -0.2) is 0 Å². The summed E-state index contributed by atoms with van der Waals surface area (Å²) in [6.07, 6.45) is 0.266. The highest BCUT2D eigenvalue weighted by Gasteiger charge is 2.31. The third kappa shape index (κ3) is 8.00. The van der Waals surface area contributed by atoms with E-state index in [1.165, 1.54) is 4.90 Å². The highest BCUT2D eigenvalue weighted by atomic mass is 16.2. The van der Waals surface area contributed by atoms with Gasteiger partial charge in [-0.15, -0.1) is 0 Å². The Morgan fingerprint density at radius 1 is 0.625 bits per heavy atom. The van der Waals surface area contributed by atoms with Gasteiger partial charge in [-0.05, 0) is 22.3 Å². The average Bonchev–Trinajstić information content (AvgIpc) is 2.97. The molecule has 4 rings (SSSR count). The van der Waals surface area contributed by atoms with E-state index < -0.39 is 11.3 Å². The lowest BCUT2D eigenvalue weighted by Crippen LogP contribution is -2.48. The molecule has 5 heteroatoms. The monoisotopic (exact) mass is 532 g/mol. The molecule has 0 fully saturated rings. The lowest BCUT2D eigenvalue weighted by Gasteiger charge is -2.32. The Morgan fingerprint density at radius 2 is 1.00 bits per heavy atom. The molecule has 0 bridgehead atoms. The van der Waals surface area contributed by atoms with Crippen LogP contribution in [0.4, 0.5) is 0 Å². The van der Waals surface area contributed by atoms with E-state index in [0.717, 1.165) is 22.3 Å². The number of carbonyl (C=O) groups excluding carboxylic acids is 3. The molecule has 0 aliphatic rings. The van der Waals surface area contributed by atoms with Gasteiger partial charge in [0.25, 0.3) is 0 Å². The van der Waals surface area contributed by atoms with Crippen molar-refractivity contribution in [3.63, 3.8) is 0 Å². The second kappa shape index (κ2) is 13.5. The summed E-state index contributed by atoms with van der Waals surface area (Å²) in [5.74, 6) is -1.09. The van der Waals surface area contributed by atoms with Gasteiger partial charge in [0.2, 0.25) is 17.7 Å². The summed E-state index contributed by atoms with van der Waals surface area (Å²) in [6, 6.07) is 38.3. The van der Waals surface area contributed by atoms with Crippen LogP contribution in [0.15, 0.2) is 121 Å². The Kier molecular flexibility index (Phi) is 9.63. The summed E-state index contributed by atoms with van der Waals surface area (Å²) in [5, 5.41) is 3.11. The van der Waals surface area contributed by atoms with Gasteiger partial charge < -0.3 is 5.32 Å². The van der Waals surface area contributed by atoms with Crippen molar-refractivity contribution in [3.05, 3.63) is 144 Å². The van der Waals surface area contributed by atoms with E-state index in [9.17, 15) is 14.4 Å². The maximum absolute atomic E-state index is 13.6. The van der Waals surface area contributed by atoms with Crippen molar-refractivity contribution in [1.82, 2.24) is 10.2 Å². The molecule has 0 aromatic heterocycles. The molecule has 0 unspecified atom stereocenters. The van der Waals surface area contributed by atoms with Crippen molar-refractivity contribution in [1.29, 1.82) is 0 Å². The van der Waals surface area contributed by atoms with Crippen molar-refractivity contribution in [2.75, 3.05) is 13.1 Å². The summed E-state index contributed by atoms with van der Waals surface area (Å²) in [4.78, 5) is 41.8. The van der Waals surface area contributed by atoms with E-state index in [1.807, 2.05) is 135 Å². The van der Waals surface area contributed by atoms with Crippen molar-refractivity contribution in [2.24, 2.45) is 5.41 Å². The van der Waals surface area contributed by atoms with Gasteiger partial charge >= 0.3 is 0 Å². The summed E-state index contributed by atoms with van der Waals surface area (Å²) in [7, 11) is 0. The maximum Gasteiger partial charge on any atom is 0.233 e. The first-order valence-electron chi connectivity index (χ1n) is 13.6. The number of hydrogen-bond donors (Lipinski definition) is 1. The number of benzene rings is 4. The predicted octanol–water partition coefficient (Wildman–Crippen LogP) is 5.80.